The Bertz CT molecular complexity index is 548. The predicted molar refractivity (Wildman–Crippen MR) is 67.7 cm³/mol. The molecule has 0 heterocycles. The molecule has 0 saturated heterocycles. The van der Waals surface area contributed by atoms with Crippen molar-refractivity contribution in [3.05, 3.63) is 22.7 Å². The number of thiocarbonyl (C=S) groups is 1. The molecule has 0 spiro atoms. The zero-order valence-corrected chi connectivity index (χ0v) is 11.4. The Balaban J connectivity index is 3.18. The van der Waals surface area contributed by atoms with E-state index in [2.05, 4.69) is 33.5 Å². The SMILES string of the molecule is NC(=S)Nc1ccc(S(=O)(=O)C(F)F)cc1Br. The number of nitrogens with one attached hydrogen (secondary N) is 1. The van der Waals surface area contributed by atoms with Crippen molar-refractivity contribution in [3.63, 3.8) is 0 Å². The molecule has 0 aliphatic rings. The van der Waals surface area contributed by atoms with Gasteiger partial charge in [-0.25, -0.2) is 8.42 Å². The molecule has 17 heavy (non-hydrogen) atoms. The minimum absolute atomic E-state index is 0.0184. The quantitative estimate of drug-likeness (QED) is 0.821. The Kier molecular flexibility index (Phi) is 4.39. The van der Waals surface area contributed by atoms with Crippen molar-refractivity contribution in [1.82, 2.24) is 0 Å². The van der Waals surface area contributed by atoms with E-state index in [1.54, 1.807) is 0 Å². The lowest BCUT2D eigenvalue weighted by molar-refractivity contribution is 0.234. The molecule has 0 radical (unpaired) electrons. The summed E-state index contributed by atoms with van der Waals surface area (Å²) >= 11 is 7.62. The number of sulfone groups is 1. The molecule has 0 aliphatic carbocycles. The number of alkyl halides is 2. The highest BCUT2D eigenvalue weighted by molar-refractivity contribution is 9.10. The summed E-state index contributed by atoms with van der Waals surface area (Å²) in [6.45, 7) is 0. The van der Waals surface area contributed by atoms with Crippen LogP contribution >= 0.6 is 28.1 Å². The second-order valence-electron chi connectivity index (χ2n) is 2.94. The minimum atomic E-state index is -4.60. The molecule has 0 fully saturated rings. The molecule has 0 aromatic heterocycles. The van der Waals surface area contributed by atoms with Gasteiger partial charge < -0.3 is 11.1 Å². The normalized spacial score (nSPS) is 11.5. The molecule has 1 aromatic rings. The third kappa shape index (κ3) is 3.33. The van der Waals surface area contributed by atoms with Crippen molar-refractivity contribution >= 4 is 48.8 Å². The first kappa shape index (κ1) is 14.3. The molecule has 9 heteroatoms. The highest BCUT2D eigenvalue weighted by Crippen LogP contribution is 2.28. The first-order valence-electron chi connectivity index (χ1n) is 4.13. The van der Waals surface area contributed by atoms with Gasteiger partial charge in [0.05, 0.1) is 10.6 Å². The van der Waals surface area contributed by atoms with E-state index >= 15 is 0 Å². The average Bonchev–Trinajstić information content (AvgIpc) is 2.20. The van der Waals surface area contributed by atoms with Crippen LogP contribution in [0.1, 0.15) is 0 Å². The van der Waals surface area contributed by atoms with Crippen molar-refractivity contribution in [2.75, 3.05) is 5.32 Å². The Labute approximate surface area is 110 Å². The molecular formula is C8H7BrF2N2O2S2. The molecule has 0 saturated carbocycles. The molecule has 3 N–H and O–H groups in total. The molecule has 1 aromatic carbocycles. The lowest BCUT2D eigenvalue weighted by Crippen LogP contribution is -2.19. The molecule has 94 valence electrons. The number of nitrogens with two attached hydrogens (primary N) is 1. The first-order chi connectivity index (χ1) is 7.75. The second kappa shape index (κ2) is 5.23. The highest BCUT2D eigenvalue weighted by atomic mass is 79.9. The molecule has 0 bridgehead atoms. The third-order valence-electron chi connectivity index (χ3n) is 1.76. The third-order valence-corrected chi connectivity index (χ3v) is 3.90. The highest BCUT2D eigenvalue weighted by Gasteiger charge is 2.26. The topological polar surface area (TPSA) is 72.2 Å². The van der Waals surface area contributed by atoms with Crippen molar-refractivity contribution in [2.24, 2.45) is 5.73 Å². The summed E-state index contributed by atoms with van der Waals surface area (Å²) in [5.41, 5.74) is 5.62. The van der Waals surface area contributed by atoms with Crippen LogP contribution in [0.3, 0.4) is 0 Å². The lowest BCUT2D eigenvalue weighted by Gasteiger charge is -2.08. The van der Waals surface area contributed by atoms with Gasteiger partial charge in [-0.05, 0) is 46.3 Å². The summed E-state index contributed by atoms with van der Waals surface area (Å²) in [5.74, 6) is -3.45. The number of benzene rings is 1. The van der Waals surface area contributed by atoms with Gasteiger partial charge in [0.25, 0.3) is 0 Å². The van der Waals surface area contributed by atoms with E-state index in [-0.39, 0.29) is 9.59 Å². The zero-order valence-electron chi connectivity index (χ0n) is 8.15. The van der Waals surface area contributed by atoms with E-state index < -0.39 is 20.5 Å². The van der Waals surface area contributed by atoms with Crippen LogP contribution in [-0.2, 0) is 9.84 Å². The van der Waals surface area contributed by atoms with Crippen LogP contribution in [0.25, 0.3) is 0 Å². The maximum absolute atomic E-state index is 12.3. The van der Waals surface area contributed by atoms with Crippen LogP contribution in [0.2, 0.25) is 0 Å². The molecule has 0 aliphatic heterocycles. The summed E-state index contributed by atoms with van der Waals surface area (Å²) in [4.78, 5) is -0.479. The zero-order chi connectivity index (χ0) is 13.2. The van der Waals surface area contributed by atoms with Crippen molar-refractivity contribution < 1.29 is 17.2 Å². The number of halogens is 3. The van der Waals surface area contributed by atoms with E-state index in [9.17, 15) is 17.2 Å². The molecule has 1 rings (SSSR count). The first-order valence-corrected chi connectivity index (χ1v) is 6.88. The van der Waals surface area contributed by atoms with Crippen LogP contribution in [0.4, 0.5) is 14.5 Å². The fourth-order valence-corrected chi connectivity index (χ4v) is 2.49. The number of hydrogen-bond donors (Lipinski definition) is 2. The fourth-order valence-electron chi connectivity index (χ4n) is 1.01. The summed E-state index contributed by atoms with van der Waals surface area (Å²) in [7, 11) is -4.60. The van der Waals surface area contributed by atoms with Gasteiger partial charge in [0, 0.05) is 4.47 Å². The predicted octanol–water partition coefficient (Wildman–Crippen LogP) is 2.10. The van der Waals surface area contributed by atoms with Crippen LogP contribution in [0.5, 0.6) is 0 Å². The van der Waals surface area contributed by atoms with Gasteiger partial charge in [-0.3, -0.25) is 0 Å². The van der Waals surface area contributed by atoms with Gasteiger partial charge in [-0.2, -0.15) is 8.78 Å². The summed E-state index contributed by atoms with van der Waals surface area (Å²) in [6, 6.07) is 3.40. The fraction of sp³-hybridized carbons (Fsp3) is 0.125. The maximum Gasteiger partial charge on any atom is 0.341 e. The van der Waals surface area contributed by atoms with E-state index in [1.165, 1.54) is 6.07 Å². The molecule has 0 atom stereocenters. The van der Waals surface area contributed by atoms with E-state index in [1.807, 2.05) is 0 Å². The monoisotopic (exact) mass is 344 g/mol. The molecule has 4 nitrogen and oxygen atoms in total. The van der Waals surface area contributed by atoms with E-state index in [0.29, 0.717) is 5.69 Å². The van der Waals surface area contributed by atoms with Crippen LogP contribution in [0.15, 0.2) is 27.6 Å². The van der Waals surface area contributed by atoms with Crippen LogP contribution in [0, 0.1) is 0 Å². The van der Waals surface area contributed by atoms with Gasteiger partial charge in [-0.1, -0.05) is 0 Å². The van der Waals surface area contributed by atoms with Gasteiger partial charge in [0.2, 0.25) is 9.84 Å². The van der Waals surface area contributed by atoms with Crippen molar-refractivity contribution in [2.45, 2.75) is 10.7 Å². The van der Waals surface area contributed by atoms with E-state index in [4.69, 9.17) is 5.73 Å². The largest absolute Gasteiger partial charge is 0.376 e. The summed E-state index contributed by atoms with van der Waals surface area (Å²) < 4.78 is 47.2. The van der Waals surface area contributed by atoms with Gasteiger partial charge in [-0.15, -0.1) is 0 Å². The van der Waals surface area contributed by atoms with Gasteiger partial charge >= 0.3 is 5.76 Å². The van der Waals surface area contributed by atoms with Gasteiger partial charge in [0.15, 0.2) is 5.11 Å². The summed E-state index contributed by atoms with van der Waals surface area (Å²) in [5, 5.41) is 2.54. The van der Waals surface area contributed by atoms with E-state index in [0.717, 1.165) is 12.1 Å². The number of hydrogen-bond acceptors (Lipinski definition) is 3. The molecule has 0 amide bonds. The Morgan fingerprint density at radius 1 is 1.47 bits per heavy atom. The van der Waals surface area contributed by atoms with Crippen LogP contribution in [-0.4, -0.2) is 19.3 Å². The Morgan fingerprint density at radius 2 is 2.06 bits per heavy atom. The average molecular weight is 345 g/mol. The summed E-state index contributed by atoms with van der Waals surface area (Å²) in [6.07, 6.45) is 0. The molecular weight excluding hydrogens is 338 g/mol. The standard InChI is InChI=1S/C8H7BrF2N2O2S2/c9-5-3-4(17(14,15)7(10)11)1-2-6(5)13-8(12)16/h1-3,7H,(H3,12,13,16). The maximum atomic E-state index is 12.3. The van der Waals surface area contributed by atoms with Crippen molar-refractivity contribution in [1.29, 1.82) is 0 Å². The Hall–Kier alpha value is -0.800. The van der Waals surface area contributed by atoms with Crippen LogP contribution < -0.4 is 11.1 Å². The molecule has 0 unspecified atom stereocenters. The van der Waals surface area contributed by atoms with Crippen molar-refractivity contribution in [3.8, 4) is 0 Å². The minimum Gasteiger partial charge on any atom is -0.376 e. The Morgan fingerprint density at radius 3 is 2.47 bits per heavy atom. The van der Waals surface area contributed by atoms with Gasteiger partial charge in [0.1, 0.15) is 0 Å². The number of anilines is 1. The smallest absolute Gasteiger partial charge is 0.341 e. The number of rotatable bonds is 3. The second-order valence-corrected chi connectivity index (χ2v) is 6.15. The lowest BCUT2D eigenvalue weighted by atomic mass is 10.3.